The standard InChI is InChI=1S/C18H21NO5/c1-21-14-8-5-4-7-13(14)11-19-17(20)12-24-16-10-6-9-15(22-2)18(16)23-3/h4-10H,11-12H2,1-3H3,(H,19,20). The monoisotopic (exact) mass is 331 g/mol. The third-order valence-corrected chi connectivity index (χ3v) is 3.39. The number of hydrogen-bond donors (Lipinski definition) is 1. The number of benzene rings is 2. The molecule has 0 aromatic heterocycles. The van der Waals surface area contributed by atoms with E-state index in [1.54, 1.807) is 32.4 Å². The van der Waals surface area contributed by atoms with Crippen molar-refractivity contribution in [1.82, 2.24) is 5.32 Å². The van der Waals surface area contributed by atoms with Crippen molar-refractivity contribution in [2.45, 2.75) is 6.54 Å². The normalized spacial score (nSPS) is 9.96. The minimum absolute atomic E-state index is 0.126. The van der Waals surface area contributed by atoms with Crippen LogP contribution in [0.1, 0.15) is 5.56 Å². The van der Waals surface area contributed by atoms with Crippen LogP contribution in [-0.4, -0.2) is 33.8 Å². The first-order valence-corrected chi connectivity index (χ1v) is 7.42. The summed E-state index contributed by atoms with van der Waals surface area (Å²) >= 11 is 0. The SMILES string of the molecule is COc1ccccc1CNC(=O)COc1cccc(OC)c1OC. The van der Waals surface area contributed by atoms with Crippen LogP contribution in [0.15, 0.2) is 42.5 Å². The first kappa shape index (κ1) is 17.5. The molecule has 2 aromatic rings. The fourth-order valence-electron chi connectivity index (χ4n) is 2.21. The van der Waals surface area contributed by atoms with Gasteiger partial charge in [-0.3, -0.25) is 4.79 Å². The summed E-state index contributed by atoms with van der Waals surface area (Å²) in [6.45, 7) is 0.236. The highest BCUT2D eigenvalue weighted by molar-refractivity contribution is 5.77. The number of hydrogen-bond acceptors (Lipinski definition) is 5. The number of ether oxygens (including phenoxy) is 4. The summed E-state index contributed by atoms with van der Waals surface area (Å²) in [5.74, 6) is 1.94. The molecule has 1 amide bonds. The van der Waals surface area contributed by atoms with Crippen molar-refractivity contribution in [2.75, 3.05) is 27.9 Å². The van der Waals surface area contributed by atoms with Gasteiger partial charge in [-0.25, -0.2) is 0 Å². The quantitative estimate of drug-likeness (QED) is 0.805. The zero-order valence-electron chi connectivity index (χ0n) is 14.0. The fraction of sp³-hybridized carbons (Fsp3) is 0.278. The van der Waals surface area contributed by atoms with E-state index in [2.05, 4.69) is 5.32 Å². The van der Waals surface area contributed by atoms with Crippen molar-refractivity contribution in [3.8, 4) is 23.0 Å². The Bertz CT molecular complexity index is 687. The Hall–Kier alpha value is -2.89. The van der Waals surface area contributed by atoms with Gasteiger partial charge in [0, 0.05) is 12.1 Å². The van der Waals surface area contributed by atoms with Gasteiger partial charge < -0.3 is 24.3 Å². The van der Waals surface area contributed by atoms with E-state index in [-0.39, 0.29) is 12.5 Å². The zero-order valence-corrected chi connectivity index (χ0v) is 14.0. The van der Waals surface area contributed by atoms with Crippen LogP contribution in [0, 0.1) is 0 Å². The van der Waals surface area contributed by atoms with Crippen molar-refractivity contribution >= 4 is 5.91 Å². The minimum Gasteiger partial charge on any atom is -0.496 e. The Morgan fingerprint density at radius 2 is 1.54 bits per heavy atom. The molecule has 0 spiro atoms. The van der Waals surface area contributed by atoms with Crippen LogP contribution < -0.4 is 24.3 Å². The summed E-state index contributed by atoms with van der Waals surface area (Å²) in [6.07, 6.45) is 0. The molecule has 6 heteroatoms. The molecule has 0 aliphatic rings. The van der Waals surface area contributed by atoms with Crippen molar-refractivity contribution < 1.29 is 23.7 Å². The molecule has 24 heavy (non-hydrogen) atoms. The Balaban J connectivity index is 1.92. The van der Waals surface area contributed by atoms with E-state index in [0.29, 0.717) is 23.8 Å². The third-order valence-electron chi connectivity index (χ3n) is 3.39. The lowest BCUT2D eigenvalue weighted by Crippen LogP contribution is -2.28. The van der Waals surface area contributed by atoms with Gasteiger partial charge in [0.15, 0.2) is 18.1 Å². The summed E-state index contributed by atoms with van der Waals surface area (Å²) < 4.78 is 21.2. The van der Waals surface area contributed by atoms with Gasteiger partial charge in [-0.2, -0.15) is 0 Å². The van der Waals surface area contributed by atoms with Gasteiger partial charge >= 0.3 is 0 Å². The first-order chi connectivity index (χ1) is 11.7. The lowest BCUT2D eigenvalue weighted by molar-refractivity contribution is -0.123. The van der Waals surface area contributed by atoms with E-state index < -0.39 is 0 Å². The van der Waals surface area contributed by atoms with E-state index in [1.165, 1.54) is 7.11 Å². The second kappa shape index (κ2) is 8.67. The zero-order chi connectivity index (χ0) is 17.4. The van der Waals surface area contributed by atoms with Gasteiger partial charge in [0.1, 0.15) is 5.75 Å². The Kier molecular flexibility index (Phi) is 6.31. The first-order valence-electron chi connectivity index (χ1n) is 7.42. The topological polar surface area (TPSA) is 66.0 Å². The summed E-state index contributed by atoms with van der Waals surface area (Å²) in [4.78, 5) is 12.0. The van der Waals surface area contributed by atoms with Crippen LogP contribution in [0.25, 0.3) is 0 Å². The van der Waals surface area contributed by atoms with Crippen LogP contribution in [-0.2, 0) is 11.3 Å². The molecular formula is C18H21NO5. The molecule has 0 saturated carbocycles. The molecule has 6 nitrogen and oxygen atoms in total. The Morgan fingerprint density at radius 1 is 0.875 bits per heavy atom. The Morgan fingerprint density at radius 3 is 2.25 bits per heavy atom. The Labute approximate surface area is 141 Å². The number of carbonyl (C=O) groups excluding carboxylic acids is 1. The fourth-order valence-corrected chi connectivity index (χ4v) is 2.21. The van der Waals surface area contributed by atoms with Crippen LogP contribution in [0.3, 0.4) is 0 Å². The van der Waals surface area contributed by atoms with Gasteiger partial charge in [-0.05, 0) is 18.2 Å². The van der Waals surface area contributed by atoms with Crippen molar-refractivity contribution in [3.63, 3.8) is 0 Å². The highest BCUT2D eigenvalue weighted by Gasteiger charge is 2.12. The number of methoxy groups -OCH3 is 3. The predicted molar refractivity (Wildman–Crippen MR) is 89.9 cm³/mol. The summed E-state index contributed by atoms with van der Waals surface area (Å²) in [5.41, 5.74) is 0.896. The third kappa shape index (κ3) is 4.32. The van der Waals surface area contributed by atoms with Gasteiger partial charge in [0.2, 0.25) is 5.75 Å². The van der Waals surface area contributed by atoms with Crippen molar-refractivity contribution in [3.05, 3.63) is 48.0 Å². The maximum Gasteiger partial charge on any atom is 0.258 e. The molecule has 128 valence electrons. The van der Waals surface area contributed by atoms with Crippen molar-refractivity contribution in [2.24, 2.45) is 0 Å². The lowest BCUT2D eigenvalue weighted by atomic mass is 10.2. The maximum atomic E-state index is 12.0. The largest absolute Gasteiger partial charge is 0.496 e. The number of carbonyl (C=O) groups is 1. The molecule has 0 bridgehead atoms. The second-order valence-electron chi connectivity index (χ2n) is 4.87. The molecule has 1 N–H and O–H groups in total. The van der Waals surface area contributed by atoms with E-state index in [1.807, 2.05) is 24.3 Å². The minimum atomic E-state index is -0.245. The van der Waals surface area contributed by atoms with Gasteiger partial charge in [0.05, 0.1) is 21.3 Å². The molecule has 0 heterocycles. The molecule has 0 radical (unpaired) electrons. The number of rotatable bonds is 8. The maximum absolute atomic E-state index is 12.0. The lowest BCUT2D eigenvalue weighted by Gasteiger charge is -2.14. The molecule has 2 aromatic carbocycles. The van der Waals surface area contributed by atoms with Crippen LogP contribution in [0.2, 0.25) is 0 Å². The molecule has 0 unspecified atom stereocenters. The molecule has 0 atom stereocenters. The van der Waals surface area contributed by atoms with Gasteiger partial charge in [-0.15, -0.1) is 0 Å². The number of amides is 1. The smallest absolute Gasteiger partial charge is 0.258 e. The average Bonchev–Trinajstić information content (AvgIpc) is 2.64. The van der Waals surface area contributed by atoms with E-state index in [9.17, 15) is 4.79 Å². The van der Waals surface area contributed by atoms with Crippen molar-refractivity contribution in [1.29, 1.82) is 0 Å². The molecule has 0 aliphatic heterocycles. The van der Waals surface area contributed by atoms with Crippen LogP contribution in [0.4, 0.5) is 0 Å². The van der Waals surface area contributed by atoms with E-state index >= 15 is 0 Å². The molecule has 0 fully saturated rings. The molecule has 0 aliphatic carbocycles. The summed E-state index contributed by atoms with van der Waals surface area (Å²) in [5, 5.41) is 2.79. The molecule has 0 saturated heterocycles. The summed E-state index contributed by atoms with van der Waals surface area (Å²) in [6, 6.07) is 12.7. The van der Waals surface area contributed by atoms with E-state index in [4.69, 9.17) is 18.9 Å². The highest BCUT2D eigenvalue weighted by atomic mass is 16.5. The molecule has 2 rings (SSSR count). The van der Waals surface area contributed by atoms with E-state index in [0.717, 1.165) is 11.3 Å². The van der Waals surface area contributed by atoms with Gasteiger partial charge in [-0.1, -0.05) is 24.3 Å². The molecular weight excluding hydrogens is 310 g/mol. The summed E-state index contributed by atoms with van der Waals surface area (Å²) in [7, 11) is 4.66. The number of para-hydroxylation sites is 2. The highest BCUT2D eigenvalue weighted by Crippen LogP contribution is 2.36. The van der Waals surface area contributed by atoms with Gasteiger partial charge in [0.25, 0.3) is 5.91 Å². The second-order valence-corrected chi connectivity index (χ2v) is 4.87. The number of nitrogens with one attached hydrogen (secondary N) is 1. The predicted octanol–water partition coefficient (Wildman–Crippen LogP) is 2.41. The van der Waals surface area contributed by atoms with Crippen LogP contribution in [0.5, 0.6) is 23.0 Å². The van der Waals surface area contributed by atoms with Crippen LogP contribution >= 0.6 is 0 Å². The average molecular weight is 331 g/mol.